The Hall–Kier alpha value is -0.590. The molecule has 2 unspecified atom stereocenters. The van der Waals surface area contributed by atoms with Crippen LogP contribution in [0, 0.1) is 17.2 Å². The quantitative estimate of drug-likeness (QED) is 0.572. The van der Waals surface area contributed by atoms with Crippen LogP contribution in [0.15, 0.2) is 0 Å². The largest absolute Gasteiger partial charge is 0.396 e. The Morgan fingerprint density at radius 1 is 1.41 bits per heavy atom. The van der Waals surface area contributed by atoms with Gasteiger partial charge in [0.15, 0.2) is 5.60 Å². The molecule has 0 bridgehead atoms. The summed E-state index contributed by atoms with van der Waals surface area (Å²) in [6.45, 7) is 2.86. The highest BCUT2D eigenvalue weighted by atomic mass is 16.5. The first-order valence-corrected chi connectivity index (χ1v) is 6.92. The Bertz CT molecular complexity index is 249. The van der Waals surface area contributed by atoms with Gasteiger partial charge in [0, 0.05) is 6.61 Å². The van der Waals surface area contributed by atoms with Crippen LogP contribution < -0.4 is 0 Å². The molecule has 0 saturated heterocycles. The molecule has 0 spiro atoms. The van der Waals surface area contributed by atoms with Gasteiger partial charge >= 0.3 is 0 Å². The summed E-state index contributed by atoms with van der Waals surface area (Å²) < 4.78 is 5.75. The second-order valence-electron chi connectivity index (χ2n) is 5.12. The van der Waals surface area contributed by atoms with Crippen LogP contribution in [-0.2, 0) is 4.74 Å². The molecule has 3 nitrogen and oxygen atoms in total. The summed E-state index contributed by atoms with van der Waals surface area (Å²) in [7, 11) is 0. The summed E-state index contributed by atoms with van der Waals surface area (Å²) in [4.78, 5) is 0. The third-order valence-corrected chi connectivity index (χ3v) is 3.73. The lowest BCUT2D eigenvalue weighted by atomic mass is 9.93. The highest BCUT2D eigenvalue weighted by Gasteiger charge is 2.33. The van der Waals surface area contributed by atoms with E-state index in [9.17, 15) is 5.26 Å². The van der Waals surface area contributed by atoms with Crippen LogP contribution in [-0.4, -0.2) is 23.9 Å². The van der Waals surface area contributed by atoms with Crippen molar-refractivity contribution in [1.82, 2.24) is 0 Å². The fraction of sp³-hybridized carbons (Fsp3) is 0.929. The third kappa shape index (κ3) is 4.65. The first kappa shape index (κ1) is 14.5. The Morgan fingerprint density at radius 3 is 2.88 bits per heavy atom. The average Bonchev–Trinajstić information content (AvgIpc) is 2.54. The van der Waals surface area contributed by atoms with Crippen molar-refractivity contribution >= 4 is 0 Å². The minimum absolute atomic E-state index is 0.139. The van der Waals surface area contributed by atoms with E-state index in [1.807, 2.05) is 0 Å². The lowest BCUT2D eigenvalue weighted by Crippen LogP contribution is -2.30. The van der Waals surface area contributed by atoms with Gasteiger partial charge in [-0.15, -0.1) is 0 Å². The van der Waals surface area contributed by atoms with E-state index in [1.54, 1.807) is 0 Å². The molecule has 0 amide bonds. The maximum atomic E-state index is 9.34. The van der Waals surface area contributed by atoms with Crippen molar-refractivity contribution in [3.8, 4) is 6.07 Å². The molecule has 0 aromatic carbocycles. The van der Waals surface area contributed by atoms with Gasteiger partial charge in [-0.2, -0.15) is 5.26 Å². The molecule has 17 heavy (non-hydrogen) atoms. The number of hydrogen-bond donors (Lipinski definition) is 1. The molecule has 0 aromatic heterocycles. The molecule has 0 radical (unpaired) electrons. The standard InChI is InChI=1S/C14H25NO2/c1-2-5-13-6-3-8-14(12-15,9-7-13)17-11-4-10-16/h13,16H,2-11H2,1H3. The highest BCUT2D eigenvalue weighted by Crippen LogP contribution is 2.34. The van der Waals surface area contributed by atoms with Crippen molar-refractivity contribution in [1.29, 1.82) is 5.26 Å². The van der Waals surface area contributed by atoms with Gasteiger partial charge in [-0.1, -0.05) is 26.2 Å². The second kappa shape index (κ2) is 7.68. The fourth-order valence-corrected chi connectivity index (χ4v) is 2.70. The molecule has 0 aromatic rings. The molecule has 1 N–H and O–H groups in total. The number of aliphatic hydroxyl groups is 1. The molecule has 98 valence electrons. The monoisotopic (exact) mass is 239 g/mol. The second-order valence-corrected chi connectivity index (χ2v) is 5.12. The van der Waals surface area contributed by atoms with Gasteiger partial charge in [-0.05, 0) is 38.0 Å². The van der Waals surface area contributed by atoms with E-state index in [4.69, 9.17) is 9.84 Å². The number of rotatable bonds is 6. The van der Waals surface area contributed by atoms with E-state index in [-0.39, 0.29) is 6.61 Å². The molecule has 1 saturated carbocycles. The maximum absolute atomic E-state index is 9.34. The van der Waals surface area contributed by atoms with Crippen LogP contribution in [0.4, 0.5) is 0 Å². The van der Waals surface area contributed by atoms with Crippen molar-refractivity contribution < 1.29 is 9.84 Å². The van der Waals surface area contributed by atoms with Crippen LogP contribution in [0.5, 0.6) is 0 Å². The molecule has 1 aliphatic carbocycles. The van der Waals surface area contributed by atoms with E-state index in [0.717, 1.165) is 31.6 Å². The molecule has 3 heteroatoms. The molecular weight excluding hydrogens is 214 g/mol. The first-order chi connectivity index (χ1) is 8.26. The van der Waals surface area contributed by atoms with Crippen molar-refractivity contribution in [2.24, 2.45) is 5.92 Å². The summed E-state index contributed by atoms with van der Waals surface area (Å²) >= 11 is 0. The average molecular weight is 239 g/mol. The van der Waals surface area contributed by atoms with Crippen molar-refractivity contribution in [2.45, 2.75) is 63.9 Å². The predicted octanol–water partition coefficient (Wildman–Crippen LogP) is 3.03. The van der Waals surface area contributed by atoms with Gasteiger partial charge in [-0.3, -0.25) is 0 Å². The Balaban J connectivity index is 2.47. The van der Waals surface area contributed by atoms with Gasteiger partial charge in [-0.25, -0.2) is 0 Å². The molecule has 1 fully saturated rings. The molecule has 1 rings (SSSR count). The molecule has 1 aliphatic rings. The number of ether oxygens (including phenoxy) is 1. The van der Waals surface area contributed by atoms with E-state index in [2.05, 4.69) is 13.0 Å². The predicted molar refractivity (Wildman–Crippen MR) is 67.5 cm³/mol. The minimum Gasteiger partial charge on any atom is -0.396 e. The van der Waals surface area contributed by atoms with Gasteiger partial charge in [0.1, 0.15) is 0 Å². The molecule has 0 aliphatic heterocycles. The molecule has 2 atom stereocenters. The Labute approximate surface area is 105 Å². The van der Waals surface area contributed by atoms with E-state index < -0.39 is 5.60 Å². The maximum Gasteiger partial charge on any atom is 0.154 e. The summed E-state index contributed by atoms with van der Waals surface area (Å²) in [5.41, 5.74) is -0.572. The van der Waals surface area contributed by atoms with Gasteiger partial charge in [0.05, 0.1) is 12.7 Å². The van der Waals surface area contributed by atoms with Gasteiger partial charge in [0.2, 0.25) is 0 Å². The lowest BCUT2D eigenvalue weighted by molar-refractivity contribution is -0.0190. The van der Waals surface area contributed by atoms with Crippen LogP contribution in [0.1, 0.15) is 58.3 Å². The highest BCUT2D eigenvalue weighted by molar-refractivity contribution is 5.03. The van der Waals surface area contributed by atoms with Gasteiger partial charge in [0.25, 0.3) is 0 Å². The van der Waals surface area contributed by atoms with Crippen molar-refractivity contribution in [3.05, 3.63) is 0 Å². The number of aliphatic hydroxyl groups excluding tert-OH is 1. The Kier molecular flexibility index (Phi) is 6.54. The topological polar surface area (TPSA) is 53.2 Å². The first-order valence-electron chi connectivity index (χ1n) is 6.92. The summed E-state index contributed by atoms with van der Waals surface area (Å²) in [6.07, 6.45) is 8.29. The lowest BCUT2D eigenvalue weighted by Gasteiger charge is -2.25. The van der Waals surface area contributed by atoms with Crippen LogP contribution >= 0.6 is 0 Å². The number of nitrogens with zero attached hydrogens (tertiary/aromatic N) is 1. The SMILES string of the molecule is CCCC1CCCC(C#N)(OCCCO)CC1. The number of nitriles is 1. The van der Waals surface area contributed by atoms with E-state index >= 15 is 0 Å². The molecule has 0 heterocycles. The zero-order valence-electron chi connectivity index (χ0n) is 11.0. The van der Waals surface area contributed by atoms with E-state index in [0.29, 0.717) is 13.0 Å². The third-order valence-electron chi connectivity index (χ3n) is 3.73. The van der Waals surface area contributed by atoms with Crippen LogP contribution in [0.3, 0.4) is 0 Å². The van der Waals surface area contributed by atoms with E-state index in [1.165, 1.54) is 19.3 Å². The normalized spacial score (nSPS) is 29.6. The van der Waals surface area contributed by atoms with Crippen molar-refractivity contribution in [3.63, 3.8) is 0 Å². The van der Waals surface area contributed by atoms with Crippen molar-refractivity contribution in [2.75, 3.05) is 13.2 Å². The van der Waals surface area contributed by atoms with Crippen LogP contribution in [0.25, 0.3) is 0 Å². The minimum atomic E-state index is -0.572. The zero-order chi connectivity index (χ0) is 12.6. The van der Waals surface area contributed by atoms with Gasteiger partial charge < -0.3 is 9.84 Å². The van der Waals surface area contributed by atoms with Crippen LogP contribution in [0.2, 0.25) is 0 Å². The summed E-state index contributed by atoms with van der Waals surface area (Å²) in [6, 6.07) is 2.38. The summed E-state index contributed by atoms with van der Waals surface area (Å²) in [5.74, 6) is 0.775. The fourth-order valence-electron chi connectivity index (χ4n) is 2.70. The smallest absolute Gasteiger partial charge is 0.154 e. The summed E-state index contributed by atoms with van der Waals surface area (Å²) in [5, 5.41) is 18.1. The number of hydrogen-bond acceptors (Lipinski definition) is 3. The zero-order valence-corrected chi connectivity index (χ0v) is 11.0. The molecular formula is C14H25NO2. The Morgan fingerprint density at radius 2 is 2.24 bits per heavy atom.